The van der Waals surface area contributed by atoms with Crippen LogP contribution in [0.2, 0.25) is 0 Å². The minimum absolute atomic E-state index is 0.218. The fourth-order valence-electron chi connectivity index (χ4n) is 0.782. The van der Waals surface area contributed by atoms with Crippen LogP contribution >= 0.6 is 12.6 Å². The van der Waals surface area contributed by atoms with Gasteiger partial charge in [-0.1, -0.05) is 0 Å². The second-order valence-corrected chi connectivity index (χ2v) is 2.55. The third-order valence-corrected chi connectivity index (χ3v) is 1.59. The van der Waals surface area contributed by atoms with Crippen molar-refractivity contribution in [2.75, 3.05) is 0 Å². The van der Waals surface area contributed by atoms with Gasteiger partial charge < -0.3 is 4.74 Å². The average molecular weight is 118 g/mol. The summed E-state index contributed by atoms with van der Waals surface area (Å²) in [6.45, 7) is 2.08. The van der Waals surface area contributed by atoms with E-state index < -0.39 is 0 Å². The summed E-state index contributed by atoms with van der Waals surface area (Å²) in [6, 6.07) is 0. The molecule has 0 spiro atoms. The molecule has 1 aliphatic heterocycles. The molecule has 0 aliphatic carbocycles. The molecule has 0 aromatic rings. The largest absolute Gasteiger partial charge is 0.365 e. The van der Waals surface area contributed by atoms with Crippen molar-refractivity contribution in [3.8, 4) is 0 Å². The molecule has 0 amide bonds. The number of ether oxygens (including phenoxy) is 1. The first-order valence-electron chi connectivity index (χ1n) is 2.62. The van der Waals surface area contributed by atoms with Gasteiger partial charge in [0.25, 0.3) is 0 Å². The smallest absolute Gasteiger partial charge is 0.100 e. The van der Waals surface area contributed by atoms with Crippen molar-refractivity contribution in [1.82, 2.24) is 0 Å². The summed E-state index contributed by atoms with van der Waals surface area (Å²) in [4.78, 5) is 0. The van der Waals surface area contributed by atoms with E-state index in [0.717, 1.165) is 6.42 Å². The van der Waals surface area contributed by atoms with Crippen molar-refractivity contribution in [1.29, 1.82) is 0 Å². The zero-order valence-electron chi connectivity index (χ0n) is 4.42. The van der Waals surface area contributed by atoms with Crippen molar-refractivity contribution in [3.63, 3.8) is 0 Å². The Hall–Kier alpha value is 0.310. The Labute approximate surface area is 49.5 Å². The van der Waals surface area contributed by atoms with E-state index in [1.165, 1.54) is 6.42 Å². The molecular weight excluding hydrogens is 108 g/mol. The second-order valence-electron chi connectivity index (χ2n) is 1.98. The standard InChI is InChI=1S/C5H10OS/c1-4-2-3-5(7)6-4/h4-5,7H,2-3H2,1H3. The van der Waals surface area contributed by atoms with Crippen LogP contribution in [0.15, 0.2) is 0 Å². The molecule has 1 heterocycles. The molecule has 1 fully saturated rings. The molecule has 1 aliphatic rings. The Kier molecular flexibility index (Phi) is 1.60. The van der Waals surface area contributed by atoms with Gasteiger partial charge in [0.2, 0.25) is 0 Å². The maximum atomic E-state index is 5.23. The molecule has 2 unspecified atom stereocenters. The maximum absolute atomic E-state index is 5.23. The van der Waals surface area contributed by atoms with E-state index >= 15 is 0 Å². The van der Waals surface area contributed by atoms with Crippen molar-refractivity contribution < 1.29 is 4.74 Å². The van der Waals surface area contributed by atoms with Crippen LogP contribution in [0.5, 0.6) is 0 Å². The first kappa shape index (κ1) is 5.45. The van der Waals surface area contributed by atoms with Gasteiger partial charge in [0.1, 0.15) is 5.44 Å². The highest BCUT2D eigenvalue weighted by molar-refractivity contribution is 7.80. The quantitative estimate of drug-likeness (QED) is 0.473. The van der Waals surface area contributed by atoms with E-state index in [9.17, 15) is 0 Å². The van der Waals surface area contributed by atoms with Crippen LogP contribution in [-0.2, 0) is 4.74 Å². The monoisotopic (exact) mass is 118 g/mol. The molecular formula is C5H10OS. The van der Waals surface area contributed by atoms with Gasteiger partial charge in [0.05, 0.1) is 6.10 Å². The Bertz CT molecular complexity index is 57.1. The fraction of sp³-hybridized carbons (Fsp3) is 1.00. The van der Waals surface area contributed by atoms with Gasteiger partial charge in [0.15, 0.2) is 0 Å². The van der Waals surface area contributed by atoms with Gasteiger partial charge in [-0.05, 0) is 19.8 Å². The SMILES string of the molecule is CC1CCC(S)O1. The molecule has 0 bridgehead atoms. The molecule has 0 aromatic carbocycles. The molecule has 2 atom stereocenters. The van der Waals surface area contributed by atoms with Gasteiger partial charge in [0, 0.05) is 0 Å². The molecule has 1 nitrogen and oxygen atoms in total. The molecule has 1 saturated heterocycles. The van der Waals surface area contributed by atoms with E-state index in [0.29, 0.717) is 6.10 Å². The summed E-state index contributed by atoms with van der Waals surface area (Å²) >= 11 is 4.13. The Morgan fingerprint density at radius 3 is 2.43 bits per heavy atom. The van der Waals surface area contributed by atoms with Crippen molar-refractivity contribution in [3.05, 3.63) is 0 Å². The normalized spacial score (nSPS) is 42.0. The lowest BCUT2D eigenvalue weighted by atomic mass is 10.3. The molecule has 42 valence electrons. The van der Waals surface area contributed by atoms with E-state index in [1.807, 2.05) is 0 Å². The minimum atomic E-state index is 0.218. The summed E-state index contributed by atoms with van der Waals surface area (Å²) < 4.78 is 5.23. The van der Waals surface area contributed by atoms with Gasteiger partial charge in [-0.2, -0.15) is 0 Å². The zero-order valence-corrected chi connectivity index (χ0v) is 5.32. The Morgan fingerprint density at radius 2 is 2.29 bits per heavy atom. The molecule has 0 aromatic heterocycles. The van der Waals surface area contributed by atoms with Crippen LogP contribution in [0.25, 0.3) is 0 Å². The maximum Gasteiger partial charge on any atom is 0.100 e. The van der Waals surface area contributed by atoms with Crippen LogP contribution in [0.1, 0.15) is 19.8 Å². The lowest BCUT2D eigenvalue weighted by Crippen LogP contribution is -1.99. The van der Waals surface area contributed by atoms with Gasteiger partial charge >= 0.3 is 0 Å². The van der Waals surface area contributed by atoms with Crippen LogP contribution in [0, 0.1) is 0 Å². The summed E-state index contributed by atoms with van der Waals surface area (Å²) in [5.41, 5.74) is 0.218. The summed E-state index contributed by atoms with van der Waals surface area (Å²) in [5.74, 6) is 0. The van der Waals surface area contributed by atoms with E-state index in [1.54, 1.807) is 0 Å². The van der Waals surface area contributed by atoms with Crippen molar-refractivity contribution in [2.45, 2.75) is 31.3 Å². The molecule has 2 heteroatoms. The average Bonchev–Trinajstić information content (AvgIpc) is 1.87. The van der Waals surface area contributed by atoms with Crippen LogP contribution in [0.4, 0.5) is 0 Å². The highest BCUT2D eigenvalue weighted by Crippen LogP contribution is 2.20. The molecule has 0 saturated carbocycles. The van der Waals surface area contributed by atoms with E-state index in [-0.39, 0.29) is 5.44 Å². The molecule has 0 N–H and O–H groups in total. The summed E-state index contributed by atoms with van der Waals surface area (Å²) in [6.07, 6.45) is 2.74. The Balaban J connectivity index is 2.26. The fourth-order valence-corrected chi connectivity index (χ4v) is 1.14. The van der Waals surface area contributed by atoms with Crippen LogP contribution in [-0.4, -0.2) is 11.5 Å². The van der Waals surface area contributed by atoms with Gasteiger partial charge in [-0.3, -0.25) is 0 Å². The lowest BCUT2D eigenvalue weighted by Gasteiger charge is -2.00. The molecule has 1 rings (SSSR count). The number of hydrogen-bond donors (Lipinski definition) is 1. The van der Waals surface area contributed by atoms with Gasteiger partial charge in [-0.25, -0.2) is 0 Å². The van der Waals surface area contributed by atoms with E-state index in [2.05, 4.69) is 19.6 Å². The minimum Gasteiger partial charge on any atom is -0.365 e. The second kappa shape index (κ2) is 2.05. The highest BCUT2D eigenvalue weighted by atomic mass is 32.1. The van der Waals surface area contributed by atoms with Crippen molar-refractivity contribution in [2.24, 2.45) is 0 Å². The predicted molar refractivity (Wildman–Crippen MR) is 32.6 cm³/mol. The lowest BCUT2D eigenvalue weighted by molar-refractivity contribution is 0.107. The highest BCUT2D eigenvalue weighted by Gasteiger charge is 2.16. The summed E-state index contributed by atoms with van der Waals surface area (Å²) in [5, 5.41) is 0. The Morgan fingerprint density at radius 1 is 1.57 bits per heavy atom. The van der Waals surface area contributed by atoms with Crippen LogP contribution < -0.4 is 0 Å². The number of thiol groups is 1. The first-order chi connectivity index (χ1) is 3.29. The number of rotatable bonds is 0. The zero-order chi connectivity index (χ0) is 5.28. The van der Waals surface area contributed by atoms with Gasteiger partial charge in [-0.15, -0.1) is 12.6 Å². The third-order valence-electron chi connectivity index (χ3n) is 1.21. The third kappa shape index (κ3) is 1.35. The van der Waals surface area contributed by atoms with Crippen molar-refractivity contribution >= 4 is 12.6 Å². The molecule has 0 radical (unpaired) electrons. The molecule has 7 heavy (non-hydrogen) atoms. The first-order valence-corrected chi connectivity index (χ1v) is 3.14. The topological polar surface area (TPSA) is 9.23 Å². The van der Waals surface area contributed by atoms with E-state index in [4.69, 9.17) is 4.74 Å². The number of hydrogen-bond acceptors (Lipinski definition) is 2. The predicted octanol–water partition coefficient (Wildman–Crippen LogP) is 1.44. The van der Waals surface area contributed by atoms with Crippen LogP contribution in [0.3, 0.4) is 0 Å². The summed E-state index contributed by atoms with van der Waals surface area (Å²) in [7, 11) is 0.